The Morgan fingerprint density at radius 3 is 2.74 bits per heavy atom. The van der Waals surface area contributed by atoms with Crippen LogP contribution in [0.4, 0.5) is 10.1 Å². The molecule has 0 aromatic heterocycles. The van der Waals surface area contributed by atoms with Crippen LogP contribution in [0.5, 0.6) is 11.5 Å². The predicted molar refractivity (Wildman–Crippen MR) is 97.5 cm³/mol. The van der Waals surface area contributed by atoms with Crippen LogP contribution in [0.25, 0.3) is 0 Å². The lowest BCUT2D eigenvalue weighted by Gasteiger charge is -2.12. The SMILES string of the molecule is O=C(NCc1ccc(Oc2ccc([N+](=O)[O-])cc2Cl)c(F)c1)C1CCCN1. The molecule has 2 aromatic rings. The van der Waals surface area contributed by atoms with E-state index < -0.39 is 10.7 Å². The Kier molecular flexibility index (Phi) is 5.88. The molecule has 0 spiro atoms. The first-order chi connectivity index (χ1) is 12.9. The van der Waals surface area contributed by atoms with Gasteiger partial charge in [-0.05, 0) is 43.1 Å². The van der Waals surface area contributed by atoms with Gasteiger partial charge in [0.15, 0.2) is 11.6 Å². The summed E-state index contributed by atoms with van der Waals surface area (Å²) in [5.74, 6) is -0.700. The third-order valence-corrected chi connectivity index (χ3v) is 4.48. The van der Waals surface area contributed by atoms with Gasteiger partial charge >= 0.3 is 0 Å². The van der Waals surface area contributed by atoms with Crippen LogP contribution in [0, 0.1) is 15.9 Å². The van der Waals surface area contributed by atoms with E-state index in [-0.39, 0.29) is 40.7 Å². The van der Waals surface area contributed by atoms with E-state index >= 15 is 0 Å². The maximum atomic E-state index is 14.3. The van der Waals surface area contributed by atoms with Crippen LogP contribution < -0.4 is 15.4 Å². The second-order valence-corrected chi connectivity index (χ2v) is 6.51. The highest BCUT2D eigenvalue weighted by atomic mass is 35.5. The first-order valence-corrected chi connectivity index (χ1v) is 8.73. The highest BCUT2D eigenvalue weighted by Crippen LogP contribution is 2.33. The number of benzene rings is 2. The molecule has 2 N–H and O–H groups in total. The van der Waals surface area contributed by atoms with Gasteiger partial charge in [0, 0.05) is 18.7 Å². The van der Waals surface area contributed by atoms with Gasteiger partial charge in [-0.3, -0.25) is 14.9 Å². The van der Waals surface area contributed by atoms with Crippen molar-refractivity contribution in [2.45, 2.75) is 25.4 Å². The number of carbonyl (C=O) groups excluding carboxylic acids is 1. The van der Waals surface area contributed by atoms with Crippen LogP contribution in [0.3, 0.4) is 0 Å². The molecule has 27 heavy (non-hydrogen) atoms. The minimum absolute atomic E-state index is 0.00371. The summed E-state index contributed by atoms with van der Waals surface area (Å²) in [5.41, 5.74) is 0.400. The molecule has 0 bridgehead atoms. The summed E-state index contributed by atoms with van der Waals surface area (Å²) in [7, 11) is 0. The van der Waals surface area contributed by atoms with E-state index in [0.29, 0.717) is 5.56 Å². The molecule has 3 rings (SSSR count). The molecular formula is C18H17ClFN3O4. The Hall–Kier alpha value is -2.71. The van der Waals surface area contributed by atoms with Gasteiger partial charge in [-0.1, -0.05) is 17.7 Å². The number of non-ortho nitro benzene ring substituents is 1. The molecular weight excluding hydrogens is 377 g/mol. The van der Waals surface area contributed by atoms with Gasteiger partial charge < -0.3 is 15.4 Å². The molecule has 0 saturated carbocycles. The van der Waals surface area contributed by atoms with E-state index in [1.807, 2.05) is 0 Å². The zero-order valence-corrected chi connectivity index (χ0v) is 15.0. The maximum absolute atomic E-state index is 14.3. The number of ether oxygens (including phenoxy) is 1. The molecule has 1 fully saturated rings. The predicted octanol–water partition coefficient (Wildman–Crippen LogP) is 3.55. The summed E-state index contributed by atoms with van der Waals surface area (Å²) >= 11 is 5.95. The Bertz CT molecular complexity index is 872. The number of nitro groups is 1. The molecule has 7 nitrogen and oxygen atoms in total. The molecule has 0 radical (unpaired) electrons. The summed E-state index contributed by atoms with van der Waals surface area (Å²) in [6, 6.07) is 7.78. The number of nitrogens with zero attached hydrogens (tertiary/aromatic N) is 1. The van der Waals surface area contributed by atoms with Crippen molar-refractivity contribution in [2.75, 3.05) is 6.54 Å². The largest absolute Gasteiger partial charge is 0.453 e. The second kappa shape index (κ2) is 8.32. The minimum Gasteiger partial charge on any atom is -0.453 e. The Morgan fingerprint density at radius 2 is 2.11 bits per heavy atom. The lowest BCUT2D eigenvalue weighted by molar-refractivity contribution is -0.384. The zero-order chi connectivity index (χ0) is 19.4. The number of carbonyl (C=O) groups is 1. The van der Waals surface area contributed by atoms with Gasteiger partial charge in [0.05, 0.1) is 16.0 Å². The topological polar surface area (TPSA) is 93.5 Å². The molecule has 1 saturated heterocycles. The molecule has 1 amide bonds. The molecule has 1 aliphatic heterocycles. The number of nitro benzene ring substituents is 1. The summed E-state index contributed by atoms with van der Waals surface area (Å²) in [5, 5.41) is 16.6. The summed E-state index contributed by atoms with van der Waals surface area (Å²) < 4.78 is 19.7. The van der Waals surface area contributed by atoms with E-state index in [2.05, 4.69) is 10.6 Å². The third kappa shape index (κ3) is 4.72. The fourth-order valence-corrected chi connectivity index (χ4v) is 2.98. The molecule has 1 aliphatic rings. The molecule has 1 heterocycles. The van der Waals surface area contributed by atoms with Gasteiger partial charge in [0.1, 0.15) is 5.75 Å². The summed E-state index contributed by atoms with van der Waals surface area (Å²) in [6.07, 6.45) is 1.76. The number of hydrogen-bond acceptors (Lipinski definition) is 5. The van der Waals surface area contributed by atoms with E-state index in [0.717, 1.165) is 25.5 Å². The summed E-state index contributed by atoms with van der Waals surface area (Å²) in [6.45, 7) is 1.02. The zero-order valence-electron chi connectivity index (χ0n) is 14.2. The van der Waals surface area contributed by atoms with Gasteiger partial charge in [0.2, 0.25) is 5.91 Å². The standard InChI is InChI=1S/C18H17ClFN3O4/c19-13-9-12(23(25)26)4-6-16(13)27-17-5-3-11(8-14(17)20)10-22-18(24)15-2-1-7-21-15/h3-6,8-9,15,21H,1-2,7,10H2,(H,22,24). The molecule has 1 unspecified atom stereocenters. The van der Waals surface area contributed by atoms with Crippen LogP contribution in [0.1, 0.15) is 18.4 Å². The number of rotatable bonds is 6. The molecule has 2 aromatic carbocycles. The van der Waals surface area contributed by atoms with Crippen molar-refractivity contribution < 1.29 is 18.8 Å². The van der Waals surface area contributed by atoms with Crippen molar-refractivity contribution in [2.24, 2.45) is 0 Å². The number of hydrogen-bond donors (Lipinski definition) is 2. The Balaban J connectivity index is 1.64. The number of halogens is 2. The average Bonchev–Trinajstić information content (AvgIpc) is 3.17. The smallest absolute Gasteiger partial charge is 0.271 e. The lowest BCUT2D eigenvalue weighted by atomic mass is 10.2. The van der Waals surface area contributed by atoms with E-state index in [4.69, 9.17) is 16.3 Å². The van der Waals surface area contributed by atoms with E-state index in [9.17, 15) is 19.3 Å². The van der Waals surface area contributed by atoms with Gasteiger partial charge in [-0.2, -0.15) is 0 Å². The second-order valence-electron chi connectivity index (χ2n) is 6.11. The van der Waals surface area contributed by atoms with Crippen molar-refractivity contribution in [3.8, 4) is 11.5 Å². The highest BCUT2D eigenvalue weighted by Gasteiger charge is 2.21. The lowest BCUT2D eigenvalue weighted by Crippen LogP contribution is -2.40. The molecule has 142 valence electrons. The van der Waals surface area contributed by atoms with Crippen molar-refractivity contribution in [1.82, 2.24) is 10.6 Å². The van der Waals surface area contributed by atoms with Crippen molar-refractivity contribution >= 4 is 23.2 Å². The minimum atomic E-state index is -0.629. The Morgan fingerprint density at radius 1 is 1.33 bits per heavy atom. The quantitative estimate of drug-likeness (QED) is 0.578. The summed E-state index contributed by atoms with van der Waals surface area (Å²) in [4.78, 5) is 22.1. The first-order valence-electron chi connectivity index (χ1n) is 8.35. The van der Waals surface area contributed by atoms with Gasteiger partial charge in [-0.25, -0.2) is 4.39 Å². The fourth-order valence-electron chi connectivity index (χ4n) is 2.76. The van der Waals surface area contributed by atoms with Gasteiger partial charge in [0.25, 0.3) is 5.69 Å². The van der Waals surface area contributed by atoms with Crippen LogP contribution >= 0.6 is 11.6 Å². The fraction of sp³-hybridized carbons (Fsp3) is 0.278. The number of nitrogens with one attached hydrogen (secondary N) is 2. The van der Waals surface area contributed by atoms with Crippen molar-refractivity contribution in [3.05, 3.63) is 62.9 Å². The van der Waals surface area contributed by atoms with Gasteiger partial charge in [-0.15, -0.1) is 0 Å². The monoisotopic (exact) mass is 393 g/mol. The Labute approximate surface area is 159 Å². The van der Waals surface area contributed by atoms with Crippen LogP contribution in [0.2, 0.25) is 5.02 Å². The average molecular weight is 394 g/mol. The maximum Gasteiger partial charge on any atom is 0.271 e. The van der Waals surface area contributed by atoms with Crippen molar-refractivity contribution in [1.29, 1.82) is 0 Å². The molecule has 9 heteroatoms. The van der Waals surface area contributed by atoms with Crippen LogP contribution in [-0.2, 0) is 11.3 Å². The van der Waals surface area contributed by atoms with Crippen molar-refractivity contribution in [3.63, 3.8) is 0 Å². The molecule has 1 atom stereocenters. The van der Waals surface area contributed by atoms with E-state index in [1.54, 1.807) is 6.07 Å². The normalized spacial score (nSPS) is 16.1. The first kappa shape index (κ1) is 19.1. The number of amides is 1. The van der Waals surface area contributed by atoms with Crippen LogP contribution in [-0.4, -0.2) is 23.4 Å². The highest BCUT2D eigenvalue weighted by molar-refractivity contribution is 6.32. The third-order valence-electron chi connectivity index (χ3n) is 4.19. The van der Waals surface area contributed by atoms with Crippen LogP contribution in [0.15, 0.2) is 36.4 Å². The van der Waals surface area contributed by atoms with E-state index in [1.165, 1.54) is 24.3 Å². The molecule has 0 aliphatic carbocycles.